The Kier molecular flexibility index (Phi) is 6.43. The van der Waals surface area contributed by atoms with Crippen LogP contribution >= 0.6 is 0 Å². The summed E-state index contributed by atoms with van der Waals surface area (Å²) in [6.45, 7) is 7.70. The van der Waals surface area contributed by atoms with Crippen molar-refractivity contribution in [3.8, 4) is 0 Å². The molecule has 1 fully saturated rings. The first-order valence-electron chi connectivity index (χ1n) is 6.95. The van der Waals surface area contributed by atoms with Crippen LogP contribution in [0.25, 0.3) is 0 Å². The van der Waals surface area contributed by atoms with E-state index in [0.29, 0.717) is 18.5 Å². The van der Waals surface area contributed by atoms with Crippen molar-refractivity contribution < 1.29 is 13.2 Å². The smallest absolute Gasteiger partial charge is 0.312 e. The normalized spacial score (nSPS) is 24.8. The van der Waals surface area contributed by atoms with Crippen LogP contribution in [0.15, 0.2) is 0 Å². The molecule has 0 amide bonds. The van der Waals surface area contributed by atoms with Gasteiger partial charge in [-0.3, -0.25) is 0 Å². The summed E-state index contributed by atoms with van der Waals surface area (Å²) in [6.07, 6.45) is -2.32. The molecule has 18 heavy (non-hydrogen) atoms. The molecule has 1 heterocycles. The minimum atomic E-state index is -4.01. The Morgan fingerprint density at radius 1 is 1.39 bits per heavy atom. The number of alkyl halides is 3. The molecule has 1 rings (SSSR count). The summed E-state index contributed by atoms with van der Waals surface area (Å²) in [5.41, 5.74) is 0. The first-order valence-corrected chi connectivity index (χ1v) is 6.95. The Hall–Kier alpha value is -0.290. The zero-order chi connectivity index (χ0) is 13.6. The second kappa shape index (κ2) is 7.34. The van der Waals surface area contributed by atoms with Crippen molar-refractivity contribution in [2.45, 2.75) is 51.7 Å². The third kappa shape index (κ3) is 6.05. The molecule has 2 nitrogen and oxygen atoms in total. The van der Waals surface area contributed by atoms with E-state index in [1.807, 2.05) is 0 Å². The number of rotatable bonds is 5. The fraction of sp³-hybridized carbons (Fsp3) is 1.00. The Labute approximate surface area is 108 Å². The van der Waals surface area contributed by atoms with Gasteiger partial charge in [-0.1, -0.05) is 20.3 Å². The molecule has 0 bridgehead atoms. The molecule has 0 aromatic heterocycles. The molecule has 0 aromatic rings. The fourth-order valence-electron chi connectivity index (χ4n) is 2.40. The lowest BCUT2D eigenvalue weighted by atomic mass is 9.99. The van der Waals surface area contributed by atoms with E-state index in [0.717, 1.165) is 32.5 Å². The third-order valence-corrected chi connectivity index (χ3v) is 3.78. The van der Waals surface area contributed by atoms with Crippen LogP contribution in [-0.2, 0) is 0 Å². The number of hydrogen-bond acceptors (Lipinski definition) is 2. The number of nitrogens with one attached hydrogen (secondary N) is 1. The SMILES string of the molecule is CCC(C)C1CN(CCCC(F)(F)F)CCCN1. The molecule has 108 valence electrons. The number of hydrogen-bond donors (Lipinski definition) is 1. The van der Waals surface area contributed by atoms with E-state index in [4.69, 9.17) is 0 Å². The summed E-state index contributed by atoms with van der Waals surface area (Å²) in [5, 5.41) is 3.51. The molecule has 1 N–H and O–H groups in total. The van der Waals surface area contributed by atoms with Gasteiger partial charge in [0.25, 0.3) is 0 Å². The standard InChI is InChI=1S/C13H25F3N2/c1-3-11(2)12-10-18(9-5-7-17-12)8-4-6-13(14,15)16/h11-12,17H,3-10H2,1-2H3. The minimum Gasteiger partial charge on any atom is -0.312 e. The molecule has 2 atom stereocenters. The van der Waals surface area contributed by atoms with Gasteiger partial charge in [0.1, 0.15) is 0 Å². The maximum Gasteiger partial charge on any atom is 0.389 e. The first kappa shape index (κ1) is 15.8. The largest absolute Gasteiger partial charge is 0.389 e. The predicted molar refractivity (Wildman–Crippen MR) is 67.6 cm³/mol. The Morgan fingerprint density at radius 3 is 2.72 bits per heavy atom. The maximum atomic E-state index is 12.1. The predicted octanol–water partition coefficient (Wildman–Crippen LogP) is 3.04. The van der Waals surface area contributed by atoms with Crippen LogP contribution in [0.1, 0.15) is 39.5 Å². The summed E-state index contributed by atoms with van der Waals surface area (Å²) in [6, 6.07) is 0.420. The molecular formula is C13H25F3N2. The monoisotopic (exact) mass is 266 g/mol. The zero-order valence-corrected chi connectivity index (χ0v) is 11.4. The minimum absolute atomic E-state index is 0.219. The molecule has 0 aliphatic carbocycles. The molecule has 0 saturated carbocycles. The van der Waals surface area contributed by atoms with Gasteiger partial charge in [-0.15, -0.1) is 0 Å². The lowest BCUT2D eigenvalue weighted by Gasteiger charge is -2.28. The van der Waals surface area contributed by atoms with Crippen LogP contribution in [-0.4, -0.2) is 43.3 Å². The molecule has 2 unspecified atom stereocenters. The van der Waals surface area contributed by atoms with Crippen molar-refractivity contribution in [3.05, 3.63) is 0 Å². The fourth-order valence-corrected chi connectivity index (χ4v) is 2.40. The van der Waals surface area contributed by atoms with Crippen molar-refractivity contribution in [3.63, 3.8) is 0 Å². The quantitative estimate of drug-likeness (QED) is 0.823. The van der Waals surface area contributed by atoms with E-state index in [1.165, 1.54) is 0 Å². The summed E-state index contributed by atoms with van der Waals surface area (Å²) in [5.74, 6) is 0.577. The van der Waals surface area contributed by atoms with Gasteiger partial charge in [0.2, 0.25) is 0 Å². The molecule has 5 heteroatoms. The van der Waals surface area contributed by atoms with Crippen molar-refractivity contribution >= 4 is 0 Å². The van der Waals surface area contributed by atoms with Gasteiger partial charge in [0, 0.05) is 19.0 Å². The highest BCUT2D eigenvalue weighted by atomic mass is 19.4. The van der Waals surface area contributed by atoms with Gasteiger partial charge in [0.15, 0.2) is 0 Å². The Balaban J connectivity index is 2.35. The molecule has 0 spiro atoms. The lowest BCUT2D eigenvalue weighted by molar-refractivity contribution is -0.136. The van der Waals surface area contributed by atoms with Gasteiger partial charge in [0.05, 0.1) is 0 Å². The van der Waals surface area contributed by atoms with Gasteiger partial charge in [-0.05, 0) is 38.4 Å². The summed E-state index contributed by atoms with van der Waals surface area (Å²) >= 11 is 0. The van der Waals surface area contributed by atoms with E-state index < -0.39 is 12.6 Å². The van der Waals surface area contributed by atoms with Crippen LogP contribution in [0.3, 0.4) is 0 Å². The number of halogens is 3. The second-order valence-corrected chi connectivity index (χ2v) is 5.32. The third-order valence-electron chi connectivity index (χ3n) is 3.78. The Morgan fingerprint density at radius 2 is 2.11 bits per heavy atom. The second-order valence-electron chi connectivity index (χ2n) is 5.32. The molecular weight excluding hydrogens is 241 g/mol. The van der Waals surface area contributed by atoms with Gasteiger partial charge < -0.3 is 10.2 Å². The van der Waals surface area contributed by atoms with Crippen LogP contribution in [0, 0.1) is 5.92 Å². The highest BCUT2D eigenvalue weighted by molar-refractivity contribution is 4.80. The maximum absolute atomic E-state index is 12.1. The molecule has 0 aromatic carbocycles. The van der Waals surface area contributed by atoms with Crippen LogP contribution in [0.5, 0.6) is 0 Å². The zero-order valence-electron chi connectivity index (χ0n) is 11.4. The molecule has 1 aliphatic heterocycles. The van der Waals surface area contributed by atoms with E-state index in [-0.39, 0.29) is 6.42 Å². The van der Waals surface area contributed by atoms with Gasteiger partial charge >= 0.3 is 6.18 Å². The van der Waals surface area contributed by atoms with Crippen molar-refractivity contribution in [1.82, 2.24) is 10.2 Å². The summed E-state index contributed by atoms with van der Waals surface area (Å²) < 4.78 is 36.4. The Bertz CT molecular complexity index is 231. The molecule has 0 radical (unpaired) electrons. The van der Waals surface area contributed by atoms with Crippen molar-refractivity contribution in [2.75, 3.05) is 26.2 Å². The number of nitrogens with zero attached hydrogens (tertiary/aromatic N) is 1. The average molecular weight is 266 g/mol. The van der Waals surface area contributed by atoms with E-state index in [1.54, 1.807) is 0 Å². The highest BCUT2D eigenvalue weighted by Gasteiger charge is 2.27. The van der Waals surface area contributed by atoms with Crippen LogP contribution in [0.4, 0.5) is 13.2 Å². The summed E-state index contributed by atoms with van der Waals surface area (Å²) in [7, 11) is 0. The average Bonchev–Trinajstić information content (AvgIpc) is 2.52. The van der Waals surface area contributed by atoms with Gasteiger partial charge in [-0.2, -0.15) is 13.2 Å². The molecule has 1 aliphatic rings. The van der Waals surface area contributed by atoms with Crippen LogP contribution < -0.4 is 5.32 Å². The topological polar surface area (TPSA) is 15.3 Å². The van der Waals surface area contributed by atoms with Crippen LogP contribution in [0.2, 0.25) is 0 Å². The van der Waals surface area contributed by atoms with Crippen molar-refractivity contribution in [2.24, 2.45) is 5.92 Å². The van der Waals surface area contributed by atoms with E-state index >= 15 is 0 Å². The molecule has 1 saturated heterocycles. The summed E-state index contributed by atoms with van der Waals surface area (Å²) in [4.78, 5) is 2.18. The first-order chi connectivity index (χ1) is 8.42. The van der Waals surface area contributed by atoms with E-state index in [9.17, 15) is 13.2 Å². The lowest BCUT2D eigenvalue weighted by Crippen LogP contribution is -2.42. The van der Waals surface area contributed by atoms with Crippen molar-refractivity contribution in [1.29, 1.82) is 0 Å². The highest BCUT2D eigenvalue weighted by Crippen LogP contribution is 2.22. The van der Waals surface area contributed by atoms with E-state index in [2.05, 4.69) is 24.1 Å². The van der Waals surface area contributed by atoms with Gasteiger partial charge in [-0.25, -0.2) is 0 Å².